The van der Waals surface area contributed by atoms with Gasteiger partial charge in [-0.3, -0.25) is 4.79 Å². The molecule has 0 radical (unpaired) electrons. The second-order valence-corrected chi connectivity index (χ2v) is 7.53. The molecule has 2 rings (SSSR count). The maximum atomic E-state index is 12.3. The van der Waals surface area contributed by atoms with E-state index in [1.54, 1.807) is 31.4 Å². The Bertz CT molecular complexity index is 963. The van der Waals surface area contributed by atoms with Crippen LogP contribution in [0.1, 0.15) is 48.1 Å². The van der Waals surface area contributed by atoms with Crippen molar-refractivity contribution < 1.29 is 14.3 Å². The van der Waals surface area contributed by atoms with Crippen LogP contribution in [0.3, 0.4) is 0 Å². The Morgan fingerprint density at radius 3 is 2.40 bits per heavy atom. The molecule has 5 nitrogen and oxygen atoms in total. The van der Waals surface area contributed by atoms with Crippen LogP contribution in [0.4, 0.5) is 0 Å². The minimum atomic E-state index is -0.378. The van der Waals surface area contributed by atoms with Crippen LogP contribution in [0.15, 0.2) is 35.9 Å². The van der Waals surface area contributed by atoms with E-state index in [1.807, 2.05) is 19.9 Å². The molecule has 2 aromatic rings. The summed E-state index contributed by atoms with van der Waals surface area (Å²) in [4.78, 5) is 12.3. The molecule has 0 aromatic heterocycles. The predicted molar refractivity (Wildman–Crippen MR) is 119 cm³/mol. The molecule has 0 aliphatic carbocycles. The van der Waals surface area contributed by atoms with Gasteiger partial charge in [-0.05, 0) is 74.6 Å². The number of amides is 1. The van der Waals surface area contributed by atoms with Gasteiger partial charge in [-0.15, -0.1) is 0 Å². The SMILES string of the molecule is CC[C@H](C)NC(=O)/C(C#N)=C/c1ccc(OCc2c(C)cc(C)cc2C)c(OC)c1. The van der Waals surface area contributed by atoms with Crippen molar-refractivity contribution >= 4 is 12.0 Å². The molecular formula is C25H30N2O3. The number of aryl methyl sites for hydroxylation is 3. The van der Waals surface area contributed by atoms with Crippen molar-refractivity contribution in [2.24, 2.45) is 0 Å². The van der Waals surface area contributed by atoms with E-state index in [1.165, 1.54) is 16.7 Å². The third kappa shape index (κ3) is 5.87. The Kier molecular flexibility index (Phi) is 8.06. The number of ether oxygens (including phenoxy) is 2. The predicted octanol–water partition coefficient (Wildman–Crippen LogP) is 5.02. The summed E-state index contributed by atoms with van der Waals surface area (Å²) in [6, 6.07) is 11.6. The Morgan fingerprint density at radius 1 is 1.17 bits per heavy atom. The average Bonchev–Trinajstić information content (AvgIpc) is 2.71. The molecule has 0 heterocycles. The van der Waals surface area contributed by atoms with Gasteiger partial charge in [0.05, 0.1) is 7.11 Å². The van der Waals surface area contributed by atoms with Gasteiger partial charge in [0.1, 0.15) is 18.2 Å². The third-order valence-electron chi connectivity index (χ3n) is 5.07. The first-order valence-electron chi connectivity index (χ1n) is 10.1. The number of hydrogen-bond donors (Lipinski definition) is 1. The second-order valence-electron chi connectivity index (χ2n) is 7.53. The van der Waals surface area contributed by atoms with Crippen molar-refractivity contribution in [2.75, 3.05) is 7.11 Å². The fraction of sp³-hybridized carbons (Fsp3) is 0.360. The molecule has 1 atom stereocenters. The number of benzene rings is 2. The number of nitriles is 1. The summed E-state index contributed by atoms with van der Waals surface area (Å²) >= 11 is 0. The zero-order valence-electron chi connectivity index (χ0n) is 18.6. The molecule has 0 fully saturated rings. The standard InChI is InChI=1S/C25H30N2O3/c1-7-19(5)27-25(28)21(14-26)12-20-8-9-23(24(13-20)29-6)30-15-22-17(3)10-16(2)11-18(22)4/h8-13,19H,7,15H2,1-6H3,(H,27,28)/b21-12+/t19-/m0/s1. The number of nitrogens with zero attached hydrogens (tertiary/aromatic N) is 1. The lowest BCUT2D eigenvalue weighted by atomic mass is 10.0. The summed E-state index contributed by atoms with van der Waals surface area (Å²) in [5.74, 6) is 0.777. The van der Waals surface area contributed by atoms with E-state index in [0.29, 0.717) is 23.7 Å². The van der Waals surface area contributed by atoms with Gasteiger partial charge in [-0.1, -0.05) is 30.7 Å². The van der Waals surface area contributed by atoms with Gasteiger partial charge in [0.25, 0.3) is 5.91 Å². The number of methoxy groups -OCH3 is 1. The van der Waals surface area contributed by atoms with Gasteiger partial charge < -0.3 is 14.8 Å². The van der Waals surface area contributed by atoms with E-state index in [2.05, 4.69) is 38.2 Å². The summed E-state index contributed by atoms with van der Waals surface area (Å²) in [5.41, 5.74) is 5.51. The first-order valence-corrected chi connectivity index (χ1v) is 10.1. The summed E-state index contributed by atoms with van der Waals surface area (Å²) in [6.45, 7) is 10.6. The quantitative estimate of drug-likeness (QED) is 0.493. The zero-order valence-corrected chi connectivity index (χ0v) is 18.6. The molecular weight excluding hydrogens is 376 g/mol. The summed E-state index contributed by atoms with van der Waals surface area (Å²) < 4.78 is 11.5. The Labute approximate surface area is 179 Å². The molecule has 5 heteroatoms. The molecule has 1 amide bonds. The largest absolute Gasteiger partial charge is 0.493 e. The number of carbonyl (C=O) groups excluding carboxylic acids is 1. The van der Waals surface area contributed by atoms with Crippen molar-refractivity contribution in [3.8, 4) is 17.6 Å². The molecule has 1 N–H and O–H groups in total. The first-order chi connectivity index (χ1) is 14.3. The molecule has 0 unspecified atom stereocenters. The van der Waals surface area contributed by atoms with Crippen LogP contribution in [0.2, 0.25) is 0 Å². The highest BCUT2D eigenvalue weighted by Gasteiger charge is 2.13. The lowest BCUT2D eigenvalue weighted by Gasteiger charge is -2.15. The maximum Gasteiger partial charge on any atom is 0.262 e. The highest BCUT2D eigenvalue weighted by molar-refractivity contribution is 6.01. The van der Waals surface area contributed by atoms with Crippen LogP contribution >= 0.6 is 0 Å². The van der Waals surface area contributed by atoms with Crippen molar-refractivity contribution in [2.45, 2.75) is 53.7 Å². The molecule has 0 spiro atoms. The van der Waals surface area contributed by atoms with E-state index in [-0.39, 0.29) is 17.5 Å². The van der Waals surface area contributed by atoms with E-state index < -0.39 is 0 Å². The molecule has 0 aliphatic rings. The van der Waals surface area contributed by atoms with Crippen molar-refractivity contribution in [3.63, 3.8) is 0 Å². The molecule has 0 aliphatic heterocycles. The van der Waals surface area contributed by atoms with Crippen LogP contribution in [0, 0.1) is 32.1 Å². The molecule has 2 aromatic carbocycles. The minimum Gasteiger partial charge on any atom is -0.493 e. The lowest BCUT2D eigenvalue weighted by Crippen LogP contribution is -2.32. The topological polar surface area (TPSA) is 71.4 Å². The second kappa shape index (κ2) is 10.5. The van der Waals surface area contributed by atoms with E-state index >= 15 is 0 Å². The number of hydrogen-bond acceptors (Lipinski definition) is 4. The highest BCUT2D eigenvalue weighted by atomic mass is 16.5. The highest BCUT2D eigenvalue weighted by Crippen LogP contribution is 2.30. The van der Waals surface area contributed by atoms with Gasteiger partial charge in [0.15, 0.2) is 11.5 Å². The summed E-state index contributed by atoms with van der Waals surface area (Å²) in [6.07, 6.45) is 2.35. The third-order valence-corrected chi connectivity index (χ3v) is 5.07. The number of nitrogens with one attached hydrogen (secondary N) is 1. The van der Waals surface area contributed by atoms with Crippen LogP contribution < -0.4 is 14.8 Å². The lowest BCUT2D eigenvalue weighted by molar-refractivity contribution is -0.117. The molecule has 30 heavy (non-hydrogen) atoms. The van der Waals surface area contributed by atoms with Gasteiger partial charge >= 0.3 is 0 Å². The normalized spacial score (nSPS) is 12.1. The van der Waals surface area contributed by atoms with Crippen LogP contribution in [0.25, 0.3) is 6.08 Å². The van der Waals surface area contributed by atoms with Crippen molar-refractivity contribution in [1.29, 1.82) is 5.26 Å². The fourth-order valence-electron chi connectivity index (χ4n) is 3.20. The zero-order chi connectivity index (χ0) is 22.3. The van der Waals surface area contributed by atoms with E-state index in [9.17, 15) is 10.1 Å². The summed E-state index contributed by atoms with van der Waals surface area (Å²) in [7, 11) is 1.57. The Balaban J connectivity index is 2.22. The smallest absolute Gasteiger partial charge is 0.262 e. The number of carbonyl (C=O) groups is 1. The Morgan fingerprint density at radius 2 is 1.83 bits per heavy atom. The number of rotatable bonds is 8. The van der Waals surface area contributed by atoms with Crippen LogP contribution in [-0.4, -0.2) is 19.1 Å². The molecule has 0 saturated heterocycles. The fourth-order valence-corrected chi connectivity index (χ4v) is 3.20. The van der Waals surface area contributed by atoms with Gasteiger partial charge in [0, 0.05) is 6.04 Å². The molecule has 0 saturated carbocycles. The summed E-state index contributed by atoms with van der Waals surface area (Å²) in [5, 5.41) is 12.2. The van der Waals surface area contributed by atoms with Gasteiger partial charge in [-0.2, -0.15) is 5.26 Å². The molecule has 0 bridgehead atoms. The van der Waals surface area contributed by atoms with Crippen LogP contribution in [-0.2, 0) is 11.4 Å². The van der Waals surface area contributed by atoms with Gasteiger partial charge in [-0.25, -0.2) is 0 Å². The van der Waals surface area contributed by atoms with Crippen molar-refractivity contribution in [1.82, 2.24) is 5.32 Å². The van der Waals surface area contributed by atoms with Gasteiger partial charge in [0.2, 0.25) is 0 Å². The maximum absolute atomic E-state index is 12.3. The minimum absolute atomic E-state index is 0.00764. The van der Waals surface area contributed by atoms with E-state index in [0.717, 1.165) is 12.0 Å². The van der Waals surface area contributed by atoms with Crippen LogP contribution in [0.5, 0.6) is 11.5 Å². The molecule has 158 valence electrons. The monoisotopic (exact) mass is 406 g/mol. The Hall–Kier alpha value is -3.26. The van der Waals surface area contributed by atoms with Crippen molar-refractivity contribution in [3.05, 3.63) is 63.7 Å². The van der Waals surface area contributed by atoms with E-state index in [4.69, 9.17) is 9.47 Å². The first kappa shape index (κ1) is 23.0. The average molecular weight is 407 g/mol.